The van der Waals surface area contributed by atoms with Gasteiger partial charge < -0.3 is 10.5 Å². The summed E-state index contributed by atoms with van der Waals surface area (Å²) >= 11 is 1.26. The number of hydrogen-bond donors (Lipinski definition) is 1. The third kappa shape index (κ3) is 3.45. The maximum Gasteiger partial charge on any atom is 0.235 e. The van der Waals surface area contributed by atoms with Crippen LogP contribution >= 0.6 is 11.8 Å². The molecule has 7 nitrogen and oxygen atoms in total. The van der Waals surface area contributed by atoms with Gasteiger partial charge in [0.05, 0.1) is 12.6 Å². The SMILES string of the molecule is NC(=O)[C@@H](Sc1nnnn1C[C@H]1CCCO1)c1ccccc1. The number of tetrazole rings is 1. The van der Waals surface area contributed by atoms with Gasteiger partial charge in [0.15, 0.2) is 0 Å². The fraction of sp³-hybridized carbons (Fsp3) is 0.429. The van der Waals surface area contributed by atoms with Gasteiger partial charge in [-0.15, -0.1) is 5.10 Å². The lowest BCUT2D eigenvalue weighted by molar-refractivity contribution is -0.117. The molecule has 1 saturated heterocycles. The van der Waals surface area contributed by atoms with E-state index in [1.807, 2.05) is 30.3 Å². The first-order chi connectivity index (χ1) is 10.7. The number of thioether (sulfide) groups is 1. The van der Waals surface area contributed by atoms with Crippen LogP contribution in [0.3, 0.4) is 0 Å². The average molecular weight is 319 g/mol. The van der Waals surface area contributed by atoms with Gasteiger partial charge >= 0.3 is 0 Å². The molecule has 8 heteroatoms. The summed E-state index contributed by atoms with van der Waals surface area (Å²) in [4.78, 5) is 11.8. The summed E-state index contributed by atoms with van der Waals surface area (Å²) in [6, 6.07) is 9.39. The van der Waals surface area contributed by atoms with Gasteiger partial charge in [-0.2, -0.15) is 0 Å². The van der Waals surface area contributed by atoms with E-state index in [4.69, 9.17) is 10.5 Å². The molecule has 1 aromatic carbocycles. The minimum atomic E-state index is -0.518. The highest BCUT2D eigenvalue weighted by Crippen LogP contribution is 2.33. The Labute approximate surface area is 132 Å². The average Bonchev–Trinajstić information content (AvgIpc) is 3.18. The third-order valence-electron chi connectivity index (χ3n) is 3.48. The van der Waals surface area contributed by atoms with Gasteiger partial charge in [0.2, 0.25) is 11.1 Å². The number of rotatable bonds is 6. The molecule has 116 valence electrons. The first-order valence-electron chi connectivity index (χ1n) is 7.12. The van der Waals surface area contributed by atoms with Crippen LogP contribution in [0.4, 0.5) is 0 Å². The van der Waals surface area contributed by atoms with Crippen molar-refractivity contribution in [3.63, 3.8) is 0 Å². The van der Waals surface area contributed by atoms with Crippen LogP contribution in [0.15, 0.2) is 35.5 Å². The number of primary amides is 1. The summed E-state index contributed by atoms with van der Waals surface area (Å²) in [5, 5.41) is 11.8. The number of hydrogen-bond acceptors (Lipinski definition) is 6. The summed E-state index contributed by atoms with van der Waals surface area (Å²) in [5.41, 5.74) is 6.38. The van der Waals surface area contributed by atoms with Crippen LogP contribution in [0.5, 0.6) is 0 Å². The molecular weight excluding hydrogens is 302 g/mol. The minimum Gasteiger partial charge on any atom is -0.376 e. The molecule has 1 fully saturated rings. The van der Waals surface area contributed by atoms with Crippen molar-refractivity contribution < 1.29 is 9.53 Å². The highest BCUT2D eigenvalue weighted by atomic mass is 32.2. The molecule has 0 spiro atoms. The molecule has 1 aliphatic rings. The molecule has 22 heavy (non-hydrogen) atoms. The molecule has 0 unspecified atom stereocenters. The van der Waals surface area contributed by atoms with Crippen LogP contribution in [-0.2, 0) is 16.1 Å². The summed E-state index contributed by atoms with van der Waals surface area (Å²) in [7, 11) is 0. The Balaban J connectivity index is 1.76. The Kier molecular flexibility index (Phi) is 4.69. The fourth-order valence-electron chi connectivity index (χ4n) is 2.40. The Morgan fingerprint density at radius 2 is 2.27 bits per heavy atom. The smallest absolute Gasteiger partial charge is 0.235 e. The molecule has 2 aromatic rings. The first kappa shape index (κ1) is 15.0. The van der Waals surface area contributed by atoms with Crippen molar-refractivity contribution in [2.24, 2.45) is 5.73 Å². The van der Waals surface area contributed by atoms with E-state index in [0.717, 1.165) is 25.0 Å². The van der Waals surface area contributed by atoms with Gasteiger partial charge in [-0.1, -0.05) is 42.1 Å². The van der Waals surface area contributed by atoms with Crippen LogP contribution in [-0.4, -0.2) is 38.8 Å². The van der Waals surface area contributed by atoms with Crippen LogP contribution in [0.1, 0.15) is 23.7 Å². The van der Waals surface area contributed by atoms with Crippen molar-refractivity contribution in [3.05, 3.63) is 35.9 Å². The predicted molar refractivity (Wildman–Crippen MR) is 81.0 cm³/mol. The van der Waals surface area contributed by atoms with Gasteiger partial charge in [0, 0.05) is 6.61 Å². The third-order valence-corrected chi connectivity index (χ3v) is 4.73. The maximum atomic E-state index is 11.8. The van der Waals surface area contributed by atoms with E-state index < -0.39 is 11.2 Å². The van der Waals surface area contributed by atoms with Gasteiger partial charge in [-0.05, 0) is 28.8 Å². The molecule has 1 aliphatic heterocycles. The Hall–Kier alpha value is -1.93. The monoisotopic (exact) mass is 319 g/mol. The number of carbonyl (C=O) groups excluding carboxylic acids is 1. The van der Waals surface area contributed by atoms with E-state index in [2.05, 4.69) is 15.5 Å². The number of ether oxygens (including phenoxy) is 1. The first-order valence-corrected chi connectivity index (χ1v) is 8.00. The zero-order valence-electron chi connectivity index (χ0n) is 12.0. The molecule has 0 bridgehead atoms. The van der Waals surface area contributed by atoms with Crippen LogP contribution in [0.25, 0.3) is 0 Å². The van der Waals surface area contributed by atoms with Gasteiger partial charge in [0.25, 0.3) is 0 Å². The summed E-state index contributed by atoms with van der Waals surface area (Å²) in [6.07, 6.45) is 2.19. The number of nitrogens with two attached hydrogens (primary N) is 1. The number of benzene rings is 1. The van der Waals surface area contributed by atoms with E-state index in [1.54, 1.807) is 4.68 Å². The van der Waals surface area contributed by atoms with Crippen molar-refractivity contribution in [3.8, 4) is 0 Å². The van der Waals surface area contributed by atoms with E-state index in [0.29, 0.717) is 11.7 Å². The van der Waals surface area contributed by atoms with Crippen molar-refractivity contribution in [1.82, 2.24) is 20.2 Å². The highest BCUT2D eigenvalue weighted by molar-refractivity contribution is 8.00. The van der Waals surface area contributed by atoms with E-state index in [1.165, 1.54) is 11.8 Å². The minimum absolute atomic E-state index is 0.131. The lowest BCUT2D eigenvalue weighted by Gasteiger charge is -2.14. The topological polar surface area (TPSA) is 95.9 Å². The van der Waals surface area contributed by atoms with Gasteiger partial charge in [-0.3, -0.25) is 4.79 Å². The number of amides is 1. The second kappa shape index (κ2) is 6.89. The largest absolute Gasteiger partial charge is 0.376 e. The number of carbonyl (C=O) groups is 1. The standard InChI is InChI=1S/C14H17N5O2S/c15-13(20)12(10-5-2-1-3-6-10)22-14-16-17-18-19(14)9-11-7-4-8-21-11/h1-3,5-6,11-12H,4,7-9H2,(H2,15,20)/t11-,12+/m1/s1. The van der Waals surface area contributed by atoms with E-state index in [-0.39, 0.29) is 6.10 Å². The zero-order valence-corrected chi connectivity index (χ0v) is 12.8. The Morgan fingerprint density at radius 3 is 2.95 bits per heavy atom. The van der Waals surface area contributed by atoms with Crippen LogP contribution < -0.4 is 5.73 Å². The molecule has 1 aromatic heterocycles. The molecule has 2 N–H and O–H groups in total. The van der Waals surface area contributed by atoms with Crippen molar-refractivity contribution in [1.29, 1.82) is 0 Å². The quantitative estimate of drug-likeness (QED) is 0.803. The molecule has 0 aliphatic carbocycles. The van der Waals surface area contributed by atoms with Gasteiger partial charge in [-0.25, -0.2) is 4.68 Å². The fourth-order valence-corrected chi connectivity index (χ4v) is 3.34. The van der Waals surface area contributed by atoms with Crippen molar-refractivity contribution in [2.45, 2.75) is 35.9 Å². The van der Waals surface area contributed by atoms with Crippen molar-refractivity contribution >= 4 is 17.7 Å². The molecule has 2 atom stereocenters. The maximum absolute atomic E-state index is 11.8. The highest BCUT2D eigenvalue weighted by Gasteiger charge is 2.24. The van der Waals surface area contributed by atoms with E-state index in [9.17, 15) is 4.79 Å². The predicted octanol–water partition coefficient (Wildman–Crippen LogP) is 1.17. The Morgan fingerprint density at radius 1 is 1.45 bits per heavy atom. The van der Waals surface area contributed by atoms with Crippen molar-refractivity contribution in [2.75, 3.05) is 6.61 Å². The normalized spacial score (nSPS) is 19.2. The lowest BCUT2D eigenvalue weighted by Crippen LogP contribution is -2.21. The summed E-state index contributed by atoms with van der Waals surface area (Å²) in [6.45, 7) is 1.37. The molecule has 3 rings (SSSR count). The zero-order chi connectivity index (χ0) is 15.4. The van der Waals surface area contributed by atoms with Crippen LogP contribution in [0.2, 0.25) is 0 Å². The summed E-state index contributed by atoms with van der Waals surface area (Å²) < 4.78 is 7.28. The number of nitrogens with zero attached hydrogens (tertiary/aromatic N) is 4. The second-order valence-electron chi connectivity index (χ2n) is 5.09. The number of aromatic nitrogens is 4. The second-order valence-corrected chi connectivity index (χ2v) is 6.16. The molecule has 1 amide bonds. The molecule has 2 heterocycles. The molecule has 0 radical (unpaired) electrons. The van der Waals surface area contributed by atoms with E-state index >= 15 is 0 Å². The van der Waals surface area contributed by atoms with Crippen LogP contribution in [0, 0.1) is 0 Å². The molecular formula is C14H17N5O2S. The Bertz CT molecular complexity index is 627. The van der Waals surface area contributed by atoms with Gasteiger partial charge in [0.1, 0.15) is 5.25 Å². The lowest BCUT2D eigenvalue weighted by atomic mass is 10.1. The molecule has 0 saturated carbocycles. The summed E-state index contributed by atoms with van der Waals surface area (Å²) in [5.74, 6) is -0.414.